The van der Waals surface area contributed by atoms with E-state index in [1.54, 1.807) is 13.0 Å². The second-order valence-electron chi connectivity index (χ2n) is 5.10. The number of halogens is 1. The Hall–Kier alpha value is -1.87. The first kappa shape index (κ1) is 14.5. The second-order valence-corrected chi connectivity index (χ2v) is 5.10. The topological polar surface area (TPSA) is 29.5 Å². The maximum atomic E-state index is 13.0. The number of aryl methyl sites for hydroxylation is 3. The van der Waals surface area contributed by atoms with Gasteiger partial charge in [-0.3, -0.25) is 0 Å². The highest BCUT2D eigenvalue weighted by molar-refractivity contribution is 5.34. The molecular weight excluding hydrogens is 255 g/mol. The highest BCUT2D eigenvalue weighted by Crippen LogP contribution is 2.23. The first-order valence-electron chi connectivity index (χ1n) is 6.61. The summed E-state index contributed by atoms with van der Waals surface area (Å²) in [6, 6.07) is 10.3. The third kappa shape index (κ3) is 3.36. The Morgan fingerprint density at radius 1 is 1.05 bits per heavy atom. The van der Waals surface area contributed by atoms with Crippen molar-refractivity contribution in [1.82, 2.24) is 0 Å². The van der Waals surface area contributed by atoms with Gasteiger partial charge in [0.2, 0.25) is 0 Å². The summed E-state index contributed by atoms with van der Waals surface area (Å²) < 4.78 is 18.6. The summed E-state index contributed by atoms with van der Waals surface area (Å²) in [5.74, 6) is 0.306. The standard InChI is InChI=1S/C17H19FO2/c1-11-4-6-15(12(2)8-11)16(19)10-20-17-7-5-14(18)9-13(17)3/h4-9,16,19H,10H2,1-3H3. The molecule has 0 amide bonds. The van der Waals surface area contributed by atoms with Crippen LogP contribution < -0.4 is 4.74 Å². The summed E-state index contributed by atoms with van der Waals surface area (Å²) in [5, 5.41) is 10.2. The van der Waals surface area contributed by atoms with Crippen molar-refractivity contribution in [2.24, 2.45) is 0 Å². The lowest BCUT2D eigenvalue weighted by Crippen LogP contribution is -2.11. The minimum absolute atomic E-state index is 0.149. The van der Waals surface area contributed by atoms with Gasteiger partial charge in [-0.2, -0.15) is 0 Å². The Bertz CT molecular complexity index is 608. The molecular formula is C17H19FO2. The molecule has 0 saturated heterocycles. The van der Waals surface area contributed by atoms with Crippen LogP contribution in [0.15, 0.2) is 36.4 Å². The Kier molecular flexibility index (Phi) is 4.40. The van der Waals surface area contributed by atoms with Crippen LogP contribution in [-0.2, 0) is 0 Å². The van der Waals surface area contributed by atoms with Crippen LogP contribution in [0.3, 0.4) is 0 Å². The number of aliphatic hydroxyl groups excluding tert-OH is 1. The average Bonchev–Trinajstić information content (AvgIpc) is 2.37. The van der Waals surface area contributed by atoms with Gasteiger partial charge in [0.1, 0.15) is 24.3 Å². The maximum Gasteiger partial charge on any atom is 0.123 e. The Morgan fingerprint density at radius 2 is 1.80 bits per heavy atom. The SMILES string of the molecule is Cc1ccc(C(O)COc2ccc(F)cc2C)c(C)c1. The van der Waals surface area contributed by atoms with Crippen LogP contribution >= 0.6 is 0 Å². The summed E-state index contributed by atoms with van der Waals surface area (Å²) in [6.07, 6.45) is -0.694. The number of ether oxygens (including phenoxy) is 1. The molecule has 0 bridgehead atoms. The summed E-state index contributed by atoms with van der Waals surface area (Å²) in [5.41, 5.74) is 3.78. The molecule has 0 aliphatic heterocycles. The normalized spacial score (nSPS) is 12.2. The molecule has 1 N–H and O–H groups in total. The van der Waals surface area contributed by atoms with Crippen molar-refractivity contribution in [2.75, 3.05) is 6.61 Å². The molecule has 3 heteroatoms. The lowest BCUT2D eigenvalue weighted by molar-refractivity contribution is 0.107. The summed E-state index contributed by atoms with van der Waals surface area (Å²) in [6.45, 7) is 5.91. The third-order valence-corrected chi connectivity index (χ3v) is 3.32. The van der Waals surface area contributed by atoms with Gasteiger partial charge in [-0.15, -0.1) is 0 Å². The van der Waals surface area contributed by atoms with Gasteiger partial charge in [-0.05, 0) is 55.7 Å². The molecule has 2 nitrogen and oxygen atoms in total. The van der Waals surface area contributed by atoms with Gasteiger partial charge >= 0.3 is 0 Å². The zero-order valence-corrected chi connectivity index (χ0v) is 12.0. The van der Waals surface area contributed by atoms with Crippen molar-refractivity contribution < 1.29 is 14.2 Å². The van der Waals surface area contributed by atoms with Gasteiger partial charge < -0.3 is 9.84 Å². The fraction of sp³-hybridized carbons (Fsp3) is 0.294. The first-order valence-corrected chi connectivity index (χ1v) is 6.61. The first-order chi connectivity index (χ1) is 9.47. The lowest BCUT2D eigenvalue weighted by atomic mass is 10.0. The minimum atomic E-state index is -0.694. The lowest BCUT2D eigenvalue weighted by Gasteiger charge is -2.16. The highest BCUT2D eigenvalue weighted by atomic mass is 19.1. The van der Waals surface area contributed by atoms with E-state index in [1.165, 1.54) is 12.1 Å². The monoisotopic (exact) mass is 274 g/mol. The van der Waals surface area contributed by atoms with Crippen molar-refractivity contribution in [3.63, 3.8) is 0 Å². The van der Waals surface area contributed by atoms with Gasteiger partial charge in [0.25, 0.3) is 0 Å². The quantitative estimate of drug-likeness (QED) is 0.917. The van der Waals surface area contributed by atoms with Crippen LogP contribution in [0, 0.1) is 26.6 Å². The molecule has 2 aromatic rings. The molecule has 0 aliphatic rings. The highest BCUT2D eigenvalue weighted by Gasteiger charge is 2.12. The Balaban J connectivity index is 2.06. The van der Waals surface area contributed by atoms with Gasteiger partial charge in [0, 0.05) is 0 Å². The largest absolute Gasteiger partial charge is 0.490 e. The molecule has 106 valence electrons. The third-order valence-electron chi connectivity index (χ3n) is 3.32. The van der Waals surface area contributed by atoms with Gasteiger partial charge in [-0.25, -0.2) is 4.39 Å². The summed E-state index contributed by atoms with van der Waals surface area (Å²) in [7, 11) is 0. The van der Waals surface area contributed by atoms with E-state index in [9.17, 15) is 9.50 Å². The number of hydrogen-bond donors (Lipinski definition) is 1. The molecule has 20 heavy (non-hydrogen) atoms. The van der Waals surface area contributed by atoms with Crippen LogP contribution in [0.25, 0.3) is 0 Å². The molecule has 2 aromatic carbocycles. The molecule has 0 aromatic heterocycles. The number of hydrogen-bond acceptors (Lipinski definition) is 2. The number of benzene rings is 2. The van der Waals surface area contributed by atoms with Crippen LogP contribution in [0.1, 0.15) is 28.4 Å². The molecule has 1 unspecified atom stereocenters. The molecule has 0 saturated carbocycles. The van der Waals surface area contributed by atoms with Gasteiger partial charge in [0.15, 0.2) is 0 Å². The summed E-state index contributed by atoms with van der Waals surface area (Å²) >= 11 is 0. The van der Waals surface area contributed by atoms with Crippen molar-refractivity contribution in [1.29, 1.82) is 0 Å². The summed E-state index contributed by atoms with van der Waals surface area (Å²) in [4.78, 5) is 0. The van der Waals surface area contributed by atoms with Crippen LogP contribution in [-0.4, -0.2) is 11.7 Å². The number of rotatable bonds is 4. The molecule has 0 fully saturated rings. The molecule has 2 rings (SSSR count). The van der Waals surface area contributed by atoms with Crippen molar-refractivity contribution in [3.05, 3.63) is 64.5 Å². The van der Waals surface area contributed by atoms with E-state index in [0.717, 1.165) is 22.3 Å². The van der Waals surface area contributed by atoms with E-state index < -0.39 is 6.10 Å². The molecule has 0 aliphatic carbocycles. The van der Waals surface area contributed by atoms with Gasteiger partial charge in [0.05, 0.1) is 0 Å². The maximum absolute atomic E-state index is 13.0. The zero-order chi connectivity index (χ0) is 14.7. The zero-order valence-electron chi connectivity index (χ0n) is 12.0. The van der Waals surface area contributed by atoms with Crippen LogP contribution in [0.2, 0.25) is 0 Å². The fourth-order valence-corrected chi connectivity index (χ4v) is 2.23. The van der Waals surface area contributed by atoms with E-state index in [-0.39, 0.29) is 12.4 Å². The Morgan fingerprint density at radius 3 is 2.45 bits per heavy atom. The fourth-order valence-electron chi connectivity index (χ4n) is 2.23. The predicted octanol–water partition coefficient (Wildman–Crippen LogP) is 3.86. The molecule has 1 atom stereocenters. The minimum Gasteiger partial charge on any atom is -0.490 e. The average molecular weight is 274 g/mol. The molecule has 0 heterocycles. The van der Waals surface area contributed by atoms with E-state index in [1.807, 2.05) is 32.0 Å². The Labute approximate surface area is 118 Å². The van der Waals surface area contributed by atoms with E-state index in [4.69, 9.17) is 4.74 Å². The van der Waals surface area contributed by atoms with Crippen molar-refractivity contribution in [3.8, 4) is 5.75 Å². The smallest absolute Gasteiger partial charge is 0.123 e. The van der Waals surface area contributed by atoms with Crippen molar-refractivity contribution in [2.45, 2.75) is 26.9 Å². The number of aliphatic hydroxyl groups is 1. The van der Waals surface area contributed by atoms with E-state index >= 15 is 0 Å². The van der Waals surface area contributed by atoms with Gasteiger partial charge in [-0.1, -0.05) is 23.8 Å². The second kappa shape index (κ2) is 6.06. The molecule has 0 radical (unpaired) electrons. The van der Waals surface area contributed by atoms with E-state index in [0.29, 0.717) is 5.75 Å². The van der Waals surface area contributed by atoms with Crippen molar-refractivity contribution >= 4 is 0 Å². The van der Waals surface area contributed by atoms with E-state index in [2.05, 4.69) is 0 Å². The predicted molar refractivity (Wildman–Crippen MR) is 77.5 cm³/mol. The van der Waals surface area contributed by atoms with Crippen LogP contribution in [0.5, 0.6) is 5.75 Å². The molecule has 0 spiro atoms. The van der Waals surface area contributed by atoms with Crippen LogP contribution in [0.4, 0.5) is 4.39 Å².